The van der Waals surface area contributed by atoms with Crippen molar-refractivity contribution in [1.29, 1.82) is 5.41 Å². The number of hydrogen-bond acceptors (Lipinski definition) is 6. The minimum absolute atomic E-state index is 0.473. The van der Waals surface area contributed by atoms with Crippen molar-refractivity contribution in [1.82, 2.24) is 24.5 Å². The van der Waals surface area contributed by atoms with Crippen molar-refractivity contribution in [3.63, 3.8) is 0 Å². The van der Waals surface area contributed by atoms with Gasteiger partial charge >= 0.3 is 0 Å². The van der Waals surface area contributed by atoms with Gasteiger partial charge in [-0.1, -0.05) is 164 Å². The third-order valence-electron chi connectivity index (χ3n) is 10.4. The fraction of sp³-hybridized carbons (Fsp3) is 0. The Morgan fingerprint density at radius 3 is 1.47 bits per heavy atom. The van der Waals surface area contributed by atoms with Crippen LogP contribution in [0, 0.1) is 5.41 Å². The zero-order valence-electron chi connectivity index (χ0n) is 31.3. The van der Waals surface area contributed by atoms with Crippen LogP contribution in [0.3, 0.4) is 0 Å². The molecule has 3 heterocycles. The van der Waals surface area contributed by atoms with Crippen LogP contribution in [0.4, 0.5) is 11.4 Å². The van der Waals surface area contributed by atoms with Crippen molar-refractivity contribution >= 4 is 39.4 Å². The molecule has 2 N–H and O–H groups in total. The third kappa shape index (κ3) is 6.46. The number of fused-ring (bicyclic) bond motifs is 3. The topological polar surface area (TPSA) is 92.4 Å². The van der Waals surface area contributed by atoms with Gasteiger partial charge in [0.15, 0.2) is 5.82 Å². The lowest BCUT2D eigenvalue weighted by atomic mass is 10.0. The predicted octanol–water partition coefficient (Wildman–Crippen LogP) is 12.4. The van der Waals surface area contributed by atoms with Gasteiger partial charge in [-0.05, 0) is 41.5 Å². The molecule has 0 spiro atoms. The van der Waals surface area contributed by atoms with Crippen LogP contribution in [0.2, 0.25) is 0 Å². The summed E-state index contributed by atoms with van der Waals surface area (Å²) in [4.78, 5) is 20.3. The molecule has 0 atom stereocenters. The highest BCUT2D eigenvalue weighted by molar-refractivity contribution is 6.09. The normalized spacial score (nSPS) is 11.2. The summed E-state index contributed by atoms with van der Waals surface area (Å²) in [5.74, 6) is 1.16. The Hall–Kier alpha value is -8.03. The number of nitrogens with one attached hydrogen (secondary N) is 2. The van der Waals surface area contributed by atoms with Crippen LogP contribution >= 0.6 is 0 Å². The SMILES string of the molecule is N=Cc1nc(-n2c3ccccc3c3ccccc32)nc(-c2ccccc2)c1Nc1ccc(-c2cc(-c3ccc(-c4ccccc4)cc3)nc(-c3ccccc3)n2)cc1. The fourth-order valence-electron chi connectivity index (χ4n) is 7.53. The van der Waals surface area contributed by atoms with Gasteiger partial charge in [0.1, 0.15) is 11.4 Å². The summed E-state index contributed by atoms with van der Waals surface area (Å²) in [6, 6.07) is 65.8. The Kier molecular flexibility index (Phi) is 8.85. The van der Waals surface area contributed by atoms with Crippen molar-refractivity contribution in [2.24, 2.45) is 0 Å². The van der Waals surface area contributed by atoms with E-state index in [1.807, 2.05) is 109 Å². The molecule has 0 unspecified atom stereocenters. The summed E-state index contributed by atoms with van der Waals surface area (Å²) in [7, 11) is 0. The Labute approximate surface area is 335 Å². The molecule has 0 aliphatic carbocycles. The number of rotatable bonds is 9. The molecule has 0 saturated carbocycles. The van der Waals surface area contributed by atoms with Crippen molar-refractivity contribution < 1.29 is 0 Å². The predicted molar refractivity (Wildman–Crippen MR) is 237 cm³/mol. The quantitative estimate of drug-likeness (QED) is 0.144. The maximum Gasteiger partial charge on any atom is 0.235 e. The number of nitrogens with zero attached hydrogens (tertiary/aromatic N) is 5. The van der Waals surface area contributed by atoms with Gasteiger partial charge in [-0.3, -0.25) is 4.57 Å². The molecule has 7 nitrogen and oxygen atoms in total. The van der Waals surface area contributed by atoms with Gasteiger partial charge in [0.05, 0.1) is 28.1 Å². The van der Waals surface area contributed by atoms with E-state index in [-0.39, 0.29) is 0 Å². The monoisotopic (exact) mass is 745 g/mol. The molecule has 7 aromatic carbocycles. The maximum atomic E-state index is 8.56. The van der Waals surface area contributed by atoms with Crippen molar-refractivity contribution in [2.45, 2.75) is 0 Å². The summed E-state index contributed by atoms with van der Waals surface area (Å²) < 4.78 is 2.08. The smallest absolute Gasteiger partial charge is 0.235 e. The zero-order valence-corrected chi connectivity index (χ0v) is 31.3. The van der Waals surface area contributed by atoms with Crippen LogP contribution in [0.15, 0.2) is 194 Å². The Morgan fingerprint density at radius 2 is 0.897 bits per heavy atom. The van der Waals surface area contributed by atoms with Gasteiger partial charge in [0.2, 0.25) is 5.95 Å². The van der Waals surface area contributed by atoms with E-state index in [0.29, 0.717) is 28.8 Å². The summed E-state index contributed by atoms with van der Waals surface area (Å²) in [6.45, 7) is 0. The third-order valence-corrected chi connectivity index (χ3v) is 10.4. The van der Waals surface area contributed by atoms with E-state index in [1.54, 1.807) is 0 Å². The molecule has 10 rings (SSSR count). The van der Waals surface area contributed by atoms with E-state index in [1.165, 1.54) is 11.8 Å². The second kappa shape index (κ2) is 14.9. The number of aromatic nitrogens is 5. The standard InChI is InChI=1S/C51H35N7/c52-33-45-49(48(38-16-6-2-7-17-38)57-51(56-45)58-46-22-12-10-20-41(46)42-21-11-13-23-47(42)58)53-40-30-28-37(29-31-40)44-32-43(54-50(55-44)39-18-8-3-9-19-39)36-26-24-35(25-27-36)34-14-4-1-5-15-34/h1-33,52-53H. The molecule has 58 heavy (non-hydrogen) atoms. The minimum Gasteiger partial charge on any atom is -0.352 e. The van der Waals surface area contributed by atoms with E-state index in [0.717, 1.165) is 66.7 Å². The van der Waals surface area contributed by atoms with Crippen molar-refractivity contribution in [3.05, 3.63) is 200 Å². The molecule has 0 radical (unpaired) electrons. The van der Waals surface area contributed by atoms with Crippen LogP contribution in [-0.2, 0) is 0 Å². The maximum absolute atomic E-state index is 8.56. The van der Waals surface area contributed by atoms with E-state index >= 15 is 0 Å². The van der Waals surface area contributed by atoms with Crippen LogP contribution < -0.4 is 5.32 Å². The molecule has 3 aromatic heterocycles. The van der Waals surface area contributed by atoms with E-state index < -0.39 is 0 Å². The van der Waals surface area contributed by atoms with Crippen molar-refractivity contribution in [2.75, 3.05) is 5.32 Å². The first-order valence-electron chi connectivity index (χ1n) is 19.1. The molecule has 10 aromatic rings. The van der Waals surface area contributed by atoms with Crippen LogP contribution in [0.25, 0.3) is 84.0 Å². The highest BCUT2D eigenvalue weighted by Gasteiger charge is 2.20. The van der Waals surface area contributed by atoms with Gasteiger partial charge in [-0.2, -0.15) is 0 Å². The van der Waals surface area contributed by atoms with E-state index in [2.05, 4.69) is 94.8 Å². The Bertz CT molecular complexity index is 3020. The molecular weight excluding hydrogens is 711 g/mol. The first-order chi connectivity index (χ1) is 28.7. The van der Waals surface area contributed by atoms with Crippen LogP contribution in [0.1, 0.15) is 5.69 Å². The van der Waals surface area contributed by atoms with Gasteiger partial charge in [0, 0.05) is 44.9 Å². The summed E-state index contributed by atoms with van der Waals surface area (Å²) >= 11 is 0. The zero-order chi connectivity index (χ0) is 38.8. The highest BCUT2D eigenvalue weighted by atomic mass is 15.2. The Morgan fingerprint density at radius 1 is 0.431 bits per heavy atom. The Balaban J connectivity index is 1.03. The minimum atomic E-state index is 0.473. The fourth-order valence-corrected chi connectivity index (χ4v) is 7.53. The lowest BCUT2D eigenvalue weighted by Gasteiger charge is -2.17. The van der Waals surface area contributed by atoms with Crippen molar-refractivity contribution in [3.8, 4) is 62.2 Å². The summed E-state index contributed by atoms with van der Waals surface area (Å²) in [5, 5.41) is 14.4. The number of benzene rings is 7. The van der Waals surface area contributed by atoms with Gasteiger partial charge < -0.3 is 10.7 Å². The molecule has 0 aliphatic rings. The second-order valence-corrected chi connectivity index (χ2v) is 14.0. The highest BCUT2D eigenvalue weighted by Crippen LogP contribution is 2.36. The van der Waals surface area contributed by atoms with Gasteiger partial charge in [0.25, 0.3) is 0 Å². The molecule has 0 saturated heterocycles. The molecule has 0 aliphatic heterocycles. The molecule has 0 amide bonds. The lowest BCUT2D eigenvalue weighted by Crippen LogP contribution is -2.09. The molecule has 7 heteroatoms. The molecule has 0 fully saturated rings. The summed E-state index contributed by atoms with van der Waals surface area (Å²) in [5.41, 5.74) is 12.4. The number of hydrogen-bond donors (Lipinski definition) is 2. The molecular formula is C51H35N7. The average Bonchev–Trinajstić information content (AvgIpc) is 3.64. The number of para-hydroxylation sites is 2. The molecule has 0 bridgehead atoms. The lowest BCUT2D eigenvalue weighted by molar-refractivity contribution is 0.988. The van der Waals surface area contributed by atoms with Gasteiger partial charge in [-0.15, -0.1) is 0 Å². The van der Waals surface area contributed by atoms with E-state index in [9.17, 15) is 0 Å². The molecule has 274 valence electrons. The average molecular weight is 746 g/mol. The summed E-state index contributed by atoms with van der Waals surface area (Å²) in [6.07, 6.45) is 1.29. The second-order valence-electron chi connectivity index (χ2n) is 14.0. The number of anilines is 2. The van der Waals surface area contributed by atoms with Crippen LogP contribution in [0.5, 0.6) is 0 Å². The van der Waals surface area contributed by atoms with Crippen LogP contribution in [-0.4, -0.2) is 30.7 Å². The van der Waals surface area contributed by atoms with Gasteiger partial charge in [-0.25, -0.2) is 19.9 Å². The van der Waals surface area contributed by atoms with E-state index in [4.69, 9.17) is 25.3 Å². The first-order valence-corrected chi connectivity index (χ1v) is 19.1. The first kappa shape index (κ1) is 34.5. The largest absolute Gasteiger partial charge is 0.352 e.